The summed E-state index contributed by atoms with van der Waals surface area (Å²) in [4.78, 5) is 15.8. The highest BCUT2D eigenvalue weighted by Gasteiger charge is 2.31. The van der Waals surface area contributed by atoms with Gasteiger partial charge in [-0.3, -0.25) is 10.1 Å². The number of halogens is 3. The lowest BCUT2D eigenvalue weighted by atomic mass is 10.0. The van der Waals surface area contributed by atoms with Crippen molar-refractivity contribution >= 4 is 5.97 Å². The van der Waals surface area contributed by atoms with Gasteiger partial charge >= 0.3 is 12.1 Å². The average Bonchev–Trinajstić information content (AvgIpc) is 2.74. The molecule has 0 fully saturated rings. The second-order valence-electron chi connectivity index (χ2n) is 5.53. The van der Waals surface area contributed by atoms with Gasteiger partial charge in [0.05, 0.1) is 17.8 Å². The number of aryl methyl sites for hydroxylation is 1. The van der Waals surface area contributed by atoms with E-state index < -0.39 is 23.8 Å². The van der Waals surface area contributed by atoms with Crippen molar-refractivity contribution < 1.29 is 23.1 Å². The van der Waals surface area contributed by atoms with Gasteiger partial charge in [-0.2, -0.15) is 13.2 Å². The van der Waals surface area contributed by atoms with Gasteiger partial charge in [-0.1, -0.05) is 12.1 Å². The van der Waals surface area contributed by atoms with E-state index in [4.69, 9.17) is 0 Å². The molecule has 1 heterocycles. The number of hydrogen-bond acceptors (Lipinski definition) is 3. The Morgan fingerprint density at radius 3 is 2.54 bits per heavy atom. The predicted molar refractivity (Wildman–Crippen MR) is 81.3 cm³/mol. The molecule has 0 amide bonds. The zero-order chi connectivity index (χ0) is 18.1. The van der Waals surface area contributed by atoms with Gasteiger partial charge in [0.1, 0.15) is 11.9 Å². The van der Waals surface area contributed by atoms with Crippen molar-refractivity contribution in [2.24, 2.45) is 7.05 Å². The Hall–Kier alpha value is -2.35. The SMILES string of the molecule is Cc1nc(CNC(C(=O)O)c2cccc(C(F)(F)F)c2)n(C)c1C. The van der Waals surface area contributed by atoms with E-state index >= 15 is 0 Å². The van der Waals surface area contributed by atoms with Crippen LogP contribution in [0, 0.1) is 13.8 Å². The number of alkyl halides is 3. The first-order valence-corrected chi connectivity index (χ1v) is 7.23. The van der Waals surface area contributed by atoms with Gasteiger partial charge in [0.15, 0.2) is 0 Å². The van der Waals surface area contributed by atoms with E-state index in [0.29, 0.717) is 5.82 Å². The molecule has 0 spiro atoms. The number of aliphatic carboxylic acids is 1. The van der Waals surface area contributed by atoms with E-state index in [1.54, 1.807) is 7.05 Å². The lowest BCUT2D eigenvalue weighted by molar-refractivity contribution is -0.140. The Kier molecular flexibility index (Phi) is 4.98. The van der Waals surface area contributed by atoms with E-state index in [9.17, 15) is 23.1 Å². The lowest BCUT2D eigenvalue weighted by Crippen LogP contribution is -2.29. The van der Waals surface area contributed by atoms with E-state index in [-0.39, 0.29) is 12.1 Å². The zero-order valence-electron chi connectivity index (χ0n) is 13.5. The van der Waals surface area contributed by atoms with Crippen LogP contribution in [0.15, 0.2) is 24.3 Å². The summed E-state index contributed by atoms with van der Waals surface area (Å²) in [5, 5.41) is 12.1. The maximum Gasteiger partial charge on any atom is 0.416 e. The third-order valence-electron chi connectivity index (χ3n) is 3.97. The molecule has 1 atom stereocenters. The Bertz CT molecular complexity index is 754. The van der Waals surface area contributed by atoms with Gasteiger partial charge in [0.2, 0.25) is 0 Å². The van der Waals surface area contributed by atoms with Crippen LogP contribution in [0.25, 0.3) is 0 Å². The number of hydrogen-bond donors (Lipinski definition) is 2. The molecule has 2 rings (SSSR count). The first-order chi connectivity index (χ1) is 11.1. The summed E-state index contributed by atoms with van der Waals surface area (Å²) >= 11 is 0. The number of nitrogens with zero attached hydrogens (tertiary/aromatic N) is 2. The highest BCUT2D eigenvalue weighted by molar-refractivity contribution is 5.75. The molecule has 0 aliphatic rings. The highest BCUT2D eigenvalue weighted by atomic mass is 19.4. The molecule has 0 aliphatic carbocycles. The fourth-order valence-electron chi connectivity index (χ4n) is 2.38. The van der Waals surface area contributed by atoms with E-state index in [1.165, 1.54) is 12.1 Å². The summed E-state index contributed by atoms with van der Waals surface area (Å²) < 4.78 is 40.2. The van der Waals surface area contributed by atoms with Crippen molar-refractivity contribution in [2.75, 3.05) is 0 Å². The molecular weight excluding hydrogens is 323 g/mol. The molecule has 8 heteroatoms. The van der Waals surface area contributed by atoms with Gasteiger partial charge < -0.3 is 9.67 Å². The number of rotatable bonds is 5. The van der Waals surface area contributed by atoms with Crippen LogP contribution < -0.4 is 5.32 Å². The second-order valence-corrected chi connectivity index (χ2v) is 5.53. The average molecular weight is 341 g/mol. The Morgan fingerprint density at radius 1 is 1.38 bits per heavy atom. The molecule has 0 bridgehead atoms. The first-order valence-electron chi connectivity index (χ1n) is 7.23. The molecule has 0 saturated heterocycles. The molecule has 2 aromatic rings. The molecule has 0 aliphatic heterocycles. The Balaban J connectivity index is 2.24. The first kappa shape index (κ1) is 18.0. The standard InChI is InChI=1S/C16H18F3N3O2/c1-9-10(2)22(3)13(21-9)8-20-14(15(23)24)11-5-4-6-12(7-11)16(17,18)19/h4-7,14,20H,8H2,1-3H3,(H,23,24). The molecule has 130 valence electrons. The molecular formula is C16H18F3N3O2. The van der Waals surface area contributed by atoms with Gasteiger partial charge in [-0.25, -0.2) is 4.98 Å². The Labute approximate surface area is 137 Å². The minimum Gasteiger partial charge on any atom is -0.480 e. The van der Waals surface area contributed by atoms with Crippen molar-refractivity contribution in [1.29, 1.82) is 0 Å². The maximum absolute atomic E-state index is 12.8. The monoisotopic (exact) mass is 341 g/mol. The van der Waals surface area contributed by atoms with Crippen LogP contribution in [0.3, 0.4) is 0 Å². The molecule has 1 aromatic heterocycles. The summed E-state index contributed by atoms with van der Waals surface area (Å²) in [5.74, 6) is -0.639. The largest absolute Gasteiger partial charge is 0.480 e. The Morgan fingerprint density at radius 2 is 2.04 bits per heavy atom. The summed E-state index contributed by atoms with van der Waals surface area (Å²) in [5.41, 5.74) is 0.926. The van der Waals surface area contributed by atoms with Gasteiger partial charge in [-0.05, 0) is 31.5 Å². The molecule has 0 saturated carbocycles. The smallest absolute Gasteiger partial charge is 0.416 e. The van der Waals surface area contributed by atoms with Crippen molar-refractivity contribution in [3.05, 3.63) is 52.6 Å². The summed E-state index contributed by atoms with van der Waals surface area (Å²) in [6, 6.07) is 3.06. The zero-order valence-corrected chi connectivity index (χ0v) is 13.5. The summed E-state index contributed by atoms with van der Waals surface area (Å²) in [6.45, 7) is 3.84. The van der Waals surface area contributed by atoms with Crippen LogP contribution in [0.5, 0.6) is 0 Å². The van der Waals surface area contributed by atoms with Crippen molar-refractivity contribution in [3.8, 4) is 0 Å². The van der Waals surface area contributed by atoms with E-state index in [0.717, 1.165) is 23.5 Å². The lowest BCUT2D eigenvalue weighted by Gasteiger charge is -2.16. The molecule has 1 aromatic carbocycles. The molecule has 1 unspecified atom stereocenters. The quantitative estimate of drug-likeness (QED) is 0.877. The highest BCUT2D eigenvalue weighted by Crippen LogP contribution is 2.30. The van der Waals surface area contributed by atoms with E-state index in [2.05, 4.69) is 10.3 Å². The molecule has 0 radical (unpaired) electrons. The van der Waals surface area contributed by atoms with Crippen LogP contribution in [-0.4, -0.2) is 20.6 Å². The van der Waals surface area contributed by atoms with Crippen molar-refractivity contribution in [2.45, 2.75) is 32.6 Å². The maximum atomic E-state index is 12.8. The second kappa shape index (κ2) is 6.64. The van der Waals surface area contributed by atoms with Crippen LogP contribution in [0.2, 0.25) is 0 Å². The number of carbonyl (C=O) groups is 1. The number of imidazole rings is 1. The summed E-state index contributed by atoms with van der Waals surface area (Å²) in [7, 11) is 1.80. The van der Waals surface area contributed by atoms with Gasteiger partial charge in [0.25, 0.3) is 0 Å². The van der Waals surface area contributed by atoms with Crippen LogP contribution in [0.4, 0.5) is 13.2 Å². The third kappa shape index (κ3) is 3.76. The number of benzene rings is 1. The minimum atomic E-state index is -4.52. The van der Waals surface area contributed by atoms with Crippen molar-refractivity contribution in [3.63, 3.8) is 0 Å². The van der Waals surface area contributed by atoms with Crippen molar-refractivity contribution in [1.82, 2.24) is 14.9 Å². The van der Waals surface area contributed by atoms with Crippen LogP contribution >= 0.6 is 0 Å². The van der Waals surface area contributed by atoms with Gasteiger partial charge in [0, 0.05) is 12.7 Å². The molecule has 5 nitrogen and oxygen atoms in total. The number of carboxylic acid groups (broad SMARTS) is 1. The number of aromatic nitrogens is 2. The fraction of sp³-hybridized carbons (Fsp3) is 0.375. The predicted octanol–water partition coefficient (Wildman–Crippen LogP) is 2.97. The van der Waals surface area contributed by atoms with Crippen LogP contribution in [-0.2, 0) is 24.6 Å². The minimum absolute atomic E-state index is 0.0416. The van der Waals surface area contributed by atoms with Crippen LogP contribution in [0.1, 0.15) is 34.4 Å². The molecule has 24 heavy (non-hydrogen) atoms. The normalized spacial score (nSPS) is 13.1. The number of carboxylic acids is 1. The topological polar surface area (TPSA) is 67.2 Å². The summed E-state index contributed by atoms with van der Waals surface area (Å²) in [6.07, 6.45) is -4.52. The fourth-order valence-corrected chi connectivity index (χ4v) is 2.38. The number of nitrogens with one attached hydrogen (secondary N) is 1. The van der Waals surface area contributed by atoms with E-state index in [1.807, 2.05) is 18.4 Å². The van der Waals surface area contributed by atoms with Gasteiger partial charge in [-0.15, -0.1) is 0 Å². The third-order valence-corrected chi connectivity index (χ3v) is 3.97. The molecule has 2 N–H and O–H groups in total.